The molecule has 0 bridgehead atoms. The van der Waals surface area contributed by atoms with Crippen LogP contribution in [0.5, 0.6) is 0 Å². The minimum atomic E-state index is 0.527. The van der Waals surface area contributed by atoms with Crippen molar-refractivity contribution in [1.82, 2.24) is 15.0 Å². The summed E-state index contributed by atoms with van der Waals surface area (Å²) in [5, 5.41) is 7.81. The third-order valence-corrected chi connectivity index (χ3v) is 2.89. The molecule has 0 aromatic carbocycles. The Balaban J connectivity index is 2.02. The molecule has 0 aliphatic heterocycles. The van der Waals surface area contributed by atoms with Crippen LogP contribution in [0.3, 0.4) is 0 Å². The summed E-state index contributed by atoms with van der Waals surface area (Å²) in [6.45, 7) is 2.31. The summed E-state index contributed by atoms with van der Waals surface area (Å²) in [4.78, 5) is 0. The van der Waals surface area contributed by atoms with Crippen LogP contribution in [0.15, 0.2) is 6.20 Å². The molecule has 2 N–H and O–H groups in total. The van der Waals surface area contributed by atoms with Crippen molar-refractivity contribution in [2.24, 2.45) is 5.92 Å². The van der Waals surface area contributed by atoms with Gasteiger partial charge in [0.2, 0.25) is 0 Å². The molecule has 0 radical (unpaired) electrons. The SMILES string of the molecule is CC1CCC(n2cc(N)nn2)CC1. The maximum absolute atomic E-state index is 5.52. The molecule has 1 fully saturated rings. The molecule has 1 saturated carbocycles. The average Bonchev–Trinajstić information content (AvgIpc) is 2.53. The Morgan fingerprint density at radius 1 is 1.38 bits per heavy atom. The monoisotopic (exact) mass is 180 g/mol. The van der Waals surface area contributed by atoms with E-state index in [0.717, 1.165) is 5.92 Å². The van der Waals surface area contributed by atoms with Crippen LogP contribution < -0.4 is 5.73 Å². The van der Waals surface area contributed by atoms with Crippen molar-refractivity contribution in [3.63, 3.8) is 0 Å². The van der Waals surface area contributed by atoms with Gasteiger partial charge in [-0.15, -0.1) is 5.10 Å². The fraction of sp³-hybridized carbons (Fsp3) is 0.778. The number of nitrogens with zero attached hydrogens (tertiary/aromatic N) is 3. The molecule has 72 valence electrons. The van der Waals surface area contributed by atoms with Crippen molar-refractivity contribution in [3.05, 3.63) is 6.20 Å². The summed E-state index contributed by atoms with van der Waals surface area (Å²) in [6.07, 6.45) is 6.85. The van der Waals surface area contributed by atoms with Gasteiger partial charge in [-0.25, -0.2) is 4.68 Å². The largest absolute Gasteiger partial charge is 0.381 e. The van der Waals surface area contributed by atoms with Gasteiger partial charge in [0.15, 0.2) is 5.82 Å². The van der Waals surface area contributed by atoms with Gasteiger partial charge in [-0.1, -0.05) is 12.1 Å². The first kappa shape index (κ1) is 8.53. The second kappa shape index (κ2) is 3.36. The predicted molar refractivity (Wildman–Crippen MR) is 51.1 cm³/mol. The second-order valence-electron chi connectivity index (χ2n) is 4.04. The first-order valence-electron chi connectivity index (χ1n) is 4.93. The minimum absolute atomic E-state index is 0.527. The Labute approximate surface area is 78.1 Å². The van der Waals surface area contributed by atoms with Crippen LogP contribution in [-0.4, -0.2) is 15.0 Å². The molecule has 4 nitrogen and oxygen atoms in total. The molecule has 13 heavy (non-hydrogen) atoms. The van der Waals surface area contributed by atoms with Gasteiger partial charge < -0.3 is 5.73 Å². The summed E-state index contributed by atoms with van der Waals surface area (Å²) < 4.78 is 1.92. The number of rotatable bonds is 1. The van der Waals surface area contributed by atoms with Crippen LogP contribution in [0.25, 0.3) is 0 Å². The van der Waals surface area contributed by atoms with Crippen LogP contribution in [0.2, 0.25) is 0 Å². The molecule has 0 unspecified atom stereocenters. The van der Waals surface area contributed by atoms with E-state index in [2.05, 4.69) is 17.2 Å². The Hall–Kier alpha value is -1.06. The molecule has 1 aliphatic rings. The maximum atomic E-state index is 5.52. The normalized spacial score (nSPS) is 29.0. The topological polar surface area (TPSA) is 56.7 Å². The summed E-state index contributed by atoms with van der Waals surface area (Å²) >= 11 is 0. The Morgan fingerprint density at radius 2 is 2.08 bits per heavy atom. The quantitative estimate of drug-likeness (QED) is 0.714. The van der Waals surface area contributed by atoms with Crippen molar-refractivity contribution in [1.29, 1.82) is 0 Å². The molecule has 0 saturated heterocycles. The number of nitrogens with two attached hydrogens (primary N) is 1. The van der Waals surface area contributed by atoms with Gasteiger partial charge >= 0.3 is 0 Å². The fourth-order valence-corrected chi connectivity index (χ4v) is 1.98. The molecule has 2 rings (SSSR count). The van der Waals surface area contributed by atoms with Crippen LogP contribution in [-0.2, 0) is 0 Å². The summed E-state index contributed by atoms with van der Waals surface area (Å²) in [5.74, 6) is 1.40. The lowest BCUT2D eigenvalue weighted by atomic mass is 9.87. The van der Waals surface area contributed by atoms with E-state index in [1.807, 2.05) is 10.9 Å². The summed E-state index contributed by atoms with van der Waals surface area (Å²) in [5.41, 5.74) is 5.52. The molecular formula is C9H16N4. The molecular weight excluding hydrogens is 164 g/mol. The first-order chi connectivity index (χ1) is 6.25. The van der Waals surface area contributed by atoms with Crippen molar-refractivity contribution >= 4 is 5.82 Å². The zero-order valence-corrected chi connectivity index (χ0v) is 7.98. The third-order valence-electron chi connectivity index (χ3n) is 2.89. The zero-order chi connectivity index (χ0) is 9.26. The molecule has 0 atom stereocenters. The molecule has 1 aliphatic carbocycles. The third kappa shape index (κ3) is 1.82. The van der Waals surface area contributed by atoms with Crippen molar-refractivity contribution < 1.29 is 0 Å². The lowest BCUT2D eigenvalue weighted by Crippen LogP contribution is -2.17. The molecule has 4 heteroatoms. The molecule has 0 spiro atoms. The second-order valence-corrected chi connectivity index (χ2v) is 4.04. The van der Waals surface area contributed by atoms with Crippen LogP contribution in [0.4, 0.5) is 5.82 Å². The van der Waals surface area contributed by atoms with Crippen molar-refractivity contribution in [3.8, 4) is 0 Å². The van der Waals surface area contributed by atoms with Gasteiger partial charge in [-0.3, -0.25) is 0 Å². The van der Waals surface area contributed by atoms with Gasteiger partial charge in [0.1, 0.15) is 0 Å². The van der Waals surface area contributed by atoms with Crippen LogP contribution >= 0.6 is 0 Å². The number of anilines is 1. The molecule has 1 aromatic heterocycles. The van der Waals surface area contributed by atoms with E-state index in [1.165, 1.54) is 25.7 Å². The van der Waals surface area contributed by atoms with E-state index in [9.17, 15) is 0 Å². The van der Waals surface area contributed by atoms with Gasteiger partial charge in [0.25, 0.3) is 0 Å². The highest BCUT2D eigenvalue weighted by Gasteiger charge is 2.20. The highest BCUT2D eigenvalue weighted by molar-refractivity contribution is 5.20. The van der Waals surface area contributed by atoms with E-state index in [4.69, 9.17) is 5.73 Å². The Kier molecular flexibility index (Phi) is 2.20. The number of hydrogen-bond acceptors (Lipinski definition) is 3. The van der Waals surface area contributed by atoms with Crippen molar-refractivity contribution in [2.45, 2.75) is 38.6 Å². The maximum Gasteiger partial charge on any atom is 0.165 e. The standard InChI is InChI=1S/C9H16N4/c1-7-2-4-8(5-3-7)13-6-9(10)11-12-13/h6-8H,2-5,10H2,1H3. The fourth-order valence-electron chi connectivity index (χ4n) is 1.98. The molecule has 0 amide bonds. The summed E-state index contributed by atoms with van der Waals surface area (Å²) in [6, 6.07) is 0.529. The minimum Gasteiger partial charge on any atom is -0.381 e. The number of nitrogen functional groups attached to an aromatic ring is 1. The van der Waals surface area contributed by atoms with Gasteiger partial charge in [0, 0.05) is 0 Å². The molecule has 1 aromatic rings. The van der Waals surface area contributed by atoms with Gasteiger partial charge in [-0.2, -0.15) is 0 Å². The lowest BCUT2D eigenvalue weighted by Gasteiger charge is -2.25. The van der Waals surface area contributed by atoms with E-state index >= 15 is 0 Å². The Bertz CT molecular complexity index is 273. The highest BCUT2D eigenvalue weighted by atomic mass is 15.4. The zero-order valence-electron chi connectivity index (χ0n) is 7.98. The van der Waals surface area contributed by atoms with E-state index in [0.29, 0.717) is 11.9 Å². The highest BCUT2D eigenvalue weighted by Crippen LogP contribution is 2.31. The van der Waals surface area contributed by atoms with Crippen LogP contribution in [0, 0.1) is 5.92 Å². The number of hydrogen-bond donors (Lipinski definition) is 1. The number of aromatic nitrogens is 3. The van der Waals surface area contributed by atoms with Gasteiger partial charge in [-0.05, 0) is 31.6 Å². The lowest BCUT2D eigenvalue weighted by molar-refractivity contribution is 0.270. The van der Waals surface area contributed by atoms with E-state index in [-0.39, 0.29) is 0 Å². The Morgan fingerprint density at radius 3 is 2.62 bits per heavy atom. The van der Waals surface area contributed by atoms with Crippen molar-refractivity contribution in [2.75, 3.05) is 5.73 Å². The molecule has 1 heterocycles. The summed E-state index contributed by atoms with van der Waals surface area (Å²) in [7, 11) is 0. The predicted octanol–water partition coefficient (Wildman–Crippen LogP) is 1.61. The first-order valence-corrected chi connectivity index (χ1v) is 4.93. The van der Waals surface area contributed by atoms with E-state index < -0.39 is 0 Å². The average molecular weight is 180 g/mol. The van der Waals surface area contributed by atoms with E-state index in [1.54, 1.807) is 0 Å². The van der Waals surface area contributed by atoms with Crippen LogP contribution in [0.1, 0.15) is 38.6 Å². The smallest absolute Gasteiger partial charge is 0.165 e. The van der Waals surface area contributed by atoms with Gasteiger partial charge in [0.05, 0.1) is 12.2 Å².